The second-order valence-corrected chi connectivity index (χ2v) is 3.69. The van der Waals surface area contributed by atoms with E-state index in [0.717, 1.165) is 19.3 Å². The predicted octanol–water partition coefficient (Wildman–Crippen LogP) is 1.12. The number of hydrogen-bond acceptors (Lipinski definition) is 1. The molecule has 0 saturated carbocycles. The van der Waals surface area contributed by atoms with Crippen LogP contribution < -0.4 is 0 Å². The van der Waals surface area contributed by atoms with E-state index in [0.29, 0.717) is 12.5 Å². The maximum Gasteiger partial charge on any atom is 0.0463 e. The third-order valence-corrected chi connectivity index (χ3v) is 2.86. The van der Waals surface area contributed by atoms with Crippen molar-refractivity contribution >= 4 is 0 Å². The fourth-order valence-electron chi connectivity index (χ4n) is 2.01. The fourth-order valence-corrected chi connectivity index (χ4v) is 2.01. The lowest BCUT2D eigenvalue weighted by atomic mass is 9.88. The third-order valence-electron chi connectivity index (χ3n) is 2.86. The largest absolute Gasteiger partial charge is 0.396 e. The Kier molecular flexibility index (Phi) is 1.93. The lowest BCUT2D eigenvalue weighted by Crippen LogP contribution is -2.18. The Bertz CT molecular complexity index is 277. The highest BCUT2D eigenvalue weighted by Gasteiger charge is 2.19. The molecule has 1 heterocycles. The number of fused-ring (bicyclic) bond motifs is 1. The van der Waals surface area contributed by atoms with E-state index in [1.54, 1.807) is 0 Å². The molecule has 1 N–H and O–H groups in total. The van der Waals surface area contributed by atoms with E-state index in [2.05, 4.69) is 23.9 Å². The van der Waals surface area contributed by atoms with E-state index >= 15 is 0 Å². The number of aliphatic hydroxyl groups excluding tert-OH is 1. The van der Waals surface area contributed by atoms with Crippen molar-refractivity contribution in [3.63, 3.8) is 0 Å². The van der Waals surface area contributed by atoms with E-state index in [1.807, 2.05) is 0 Å². The Labute approximate surface area is 72.8 Å². The minimum absolute atomic E-state index is 0.338. The molecule has 1 atom stereocenters. The first-order valence-electron chi connectivity index (χ1n) is 4.55. The molecule has 2 heteroatoms. The zero-order valence-corrected chi connectivity index (χ0v) is 7.45. The summed E-state index contributed by atoms with van der Waals surface area (Å²) in [6, 6.07) is 2.20. The van der Waals surface area contributed by atoms with Crippen LogP contribution in [0.15, 0.2) is 12.3 Å². The SMILES string of the molecule is Cn1ccc2c1CC(CO)CC2. The molecular formula is C10H15NO. The summed E-state index contributed by atoms with van der Waals surface area (Å²) in [6.07, 6.45) is 5.45. The van der Waals surface area contributed by atoms with Crippen molar-refractivity contribution in [2.75, 3.05) is 6.61 Å². The van der Waals surface area contributed by atoms with Crippen molar-refractivity contribution in [2.24, 2.45) is 13.0 Å². The van der Waals surface area contributed by atoms with Gasteiger partial charge < -0.3 is 9.67 Å². The molecule has 0 saturated heterocycles. The molecule has 2 nitrogen and oxygen atoms in total. The lowest BCUT2D eigenvalue weighted by molar-refractivity contribution is 0.211. The van der Waals surface area contributed by atoms with Gasteiger partial charge in [-0.25, -0.2) is 0 Å². The van der Waals surface area contributed by atoms with Gasteiger partial charge in [-0.1, -0.05) is 0 Å². The molecule has 0 bridgehead atoms. The summed E-state index contributed by atoms with van der Waals surface area (Å²) in [5, 5.41) is 9.04. The molecule has 1 aliphatic carbocycles. The number of aliphatic hydroxyl groups is 1. The predicted molar refractivity (Wildman–Crippen MR) is 48.0 cm³/mol. The topological polar surface area (TPSA) is 25.2 Å². The number of hydrogen-bond donors (Lipinski definition) is 1. The molecule has 0 amide bonds. The summed E-state index contributed by atoms with van der Waals surface area (Å²) < 4.78 is 2.18. The molecule has 2 rings (SSSR count). The molecule has 0 fully saturated rings. The van der Waals surface area contributed by atoms with Gasteiger partial charge in [0.25, 0.3) is 0 Å². The lowest BCUT2D eigenvalue weighted by Gasteiger charge is -2.21. The summed E-state index contributed by atoms with van der Waals surface area (Å²) in [4.78, 5) is 0. The first-order valence-corrected chi connectivity index (χ1v) is 4.55. The molecule has 1 unspecified atom stereocenters. The number of aryl methyl sites for hydroxylation is 2. The zero-order valence-electron chi connectivity index (χ0n) is 7.45. The molecule has 0 spiro atoms. The average molecular weight is 165 g/mol. The molecule has 12 heavy (non-hydrogen) atoms. The van der Waals surface area contributed by atoms with Gasteiger partial charge in [0, 0.05) is 25.5 Å². The van der Waals surface area contributed by atoms with Crippen LogP contribution in [0.2, 0.25) is 0 Å². The summed E-state index contributed by atoms with van der Waals surface area (Å²) in [5.74, 6) is 0.492. The summed E-state index contributed by atoms with van der Waals surface area (Å²) in [5.41, 5.74) is 2.89. The van der Waals surface area contributed by atoms with Crippen molar-refractivity contribution in [1.29, 1.82) is 0 Å². The average Bonchev–Trinajstić information content (AvgIpc) is 2.47. The molecule has 1 aromatic heterocycles. The molecule has 1 aromatic rings. The van der Waals surface area contributed by atoms with Crippen LogP contribution in [-0.4, -0.2) is 16.3 Å². The van der Waals surface area contributed by atoms with E-state index in [-0.39, 0.29) is 0 Å². The molecule has 0 aliphatic heterocycles. The van der Waals surface area contributed by atoms with Gasteiger partial charge >= 0.3 is 0 Å². The fraction of sp³-hybridized carbons (Fsp3) is 0.600. The van der Waals surface area contributed by atoms with Crippen LogP contribution in [0.3, 0.4) is 0 Å². The van der Waals surface area contributed by atoms with Crippen LogP contribution >= 0.6 is 0 Å². The Hall–Kier alpha value is -0.760. The van der Waals surface area contributed by atoms with Crippen LogP contribution in [0.5, 0.6) is 0 Å². The Balaban J connectivity index is 2.26. The number of aromatic nitrogens is 1. The van der Waals surface area contributed by atoms with E-state index in [4.69, 9.17) is 5.11 Å². The molecular weight excluding hydrogens is 150 g/mol. The summed E-state index contributed by atoms with van der Waals surface area (Å²) in [6.45, 7) is 0.338. The van der Waals surface area contributed by atoms with Gasteiger partial charge in [0.1, 0.15) is 0 Å². The van der Waals surface area contributed by atoms with Crippen molar-refractivity contribution < 1.29 is 5.11 Å². The second kappa shape index (κ2) is 2.94. The zero-order chi connectivity index (χ0) is 8.55. The highest BCUT2D eigenvalue weighted by atomic mass is 16.3. The van der Waals surface area contributed by atoms with Gasteiger partial charge in [-0.2, -0.15) is 0 Å². The highest BCUT2D eigenvalue weighted by Crippen LogP contribution is 2.25. The Morgan fingerprint density at radius 2 is 2.50 bits per heavy atom. The number of nitrogens with zero attached hydrogens (tertiary/aromatic N) is 1. The van der Waals surface area contributed by atoms with Gasteiger partial charge in [0.15, 0.2) is 0 Å². The van der Waals surface area contributed by atoms with Crippen LogP contribution in [0.25, 0.3) is 0 Å². The van der Waals surface area contributed by atoms with Crippen LogP contribution in [0.4, 0.5) is 0 Å². The Morgan fingerprint density at radius 3 is 3.25 bits per heavy atom. The normalized spacial score (nSPS) is 22.3. The van der Waals surface area contributed by atoms with Crippen molar-refractivity contribution in [3.05, 3.63) is 23.5 Å². The maximum absolute atomic E-state index is 9.04. The molecule has 66 valence electrons. The summed E-state index contributed by atoms with van der Waals surface area (Å²) in [7, 11) is 2.08. The van der Waals surface area contributed by atoms with E-state index in [9.17, 15) is 0 Å². The van der Waals surface area contributed by atoms with Crippen LogP contribution in [0.1, 0.15) is 17.7 Å². The molecule has 1 aliphatic rings. The number of rotatable bonds is 1. The van der Waals surface area contributed by atoms with Gasteiger partial charge in [0.2, 0.25) is 0 Å². The molecule has 0 radical (unpaired) electrons. The van der Waals surface area contributed by atoms with Crippen molar-refractivity contribution in [3.8, 4) is 0 Å². The minimum Gasteiger partial charge on any atom is -0.396 e. The van der Waals surface area contributed by atoms with E-state index < -0.39 is 0 Å². The molecule has 0 aromatic carbocycles. The monoisotopic (exact) mass is 165 g/mol. The standard InChI is InChI=1S/C10H15NO/c1-11-5-4-9-3-2-8(7-12)6-10(9)11/h4-5,8,12H,2-3,6-7H2,1H3. The van der Waals surface area contributed by atoms with Gasteiger partial charge in [-0.05, 0) is 36.8 Å². The highest BCUT2D eigenvalue weighted by molar-refractivity contribution is 5.25. The van der Waals surface area contributed by atoms with Crippen molar-refractivity contribution in [1.82, 2.24) is 4.57 Å². The summed E-state index contributed by atoms with van der Waals surface area (Å²) >= 11 is 0. The van der Waals surface area contributed by atoms with Crippen molar-refractivity contribution in [2.45, 2.75) is 19.3 Å². The van der Waals surface area contributed by atoms with Crippen LogP contribution in [-0.2, 0) is 19.9 Å². The quantitative estimate of drug-likeness (QED) is 0.663. The maximum atomic E-state index is 9.04. The smallest absolute Gasteiger partial charge is 0.0463 e. The van der Waals surface area contributed by atoms with E-state index in [1.165, 1.54) is 11.3 Å². The first kappa shape index (κ1) is 7.87. The third kappa shape index (κ3) is 1.16. The first-order chi connectivity index (χ1) is 5.81. The van der Waals surface area contributed by atoms with Crippen LogP contribution in [0, 0.1) is 5.92 Å². The second-order valence-electron chi connectivity index (χ2n) is 3.69. The van der Waals surface area contributed by atoms with Gasteiger partial charge in [0.05, 0.1) is 0 Å². The van der Waals surface area contributed by atoms with Gasteiger partial charge in [-0.3, -0.25) is 0 Å². The van der Waals surface area contributed by atoms with Gasteiger partial charge in [-0.15, -0.1) is 0 Å². The minimum atomic E-state index is 0.338. The Morgan fingerprint density at radius 1 is 1.67 bits per heavy atom.